The van der Waals surface area contributed by atoms with Crippen LogP contribution in [0.15, 0.2) is 41.8 Å². The van der Waals surface area contributed by atoms with Crippen LogP contribution < -0.4 is 5.32 Å². The largest absolute Gasteiger partial charge is 0.348 e. The molecule has 1 amide bonds. The third-order valence-electron chi connectivity index (χ3n) is 3.17. The van der Waals surface area contributed by atoms with Crippen molar-refractivity contribution >= 4 is 17.2 Å². The Morgan fingerprint density at radius 2 is 2.09 bits per heavy atom. The van der Waals surface area contributed by atoms with Crippen LogP contribution in [0.4, 0.5) is 0 Å². The minimum absolute atomic E-state index is 0.0408. The molecular weight excluding hydrogens is 298 g/mol. The van der Waals surface area contributed by atoms with Gasteiger partial charge in [0.05, 0.1) is 18.7 Å². The smallest absolute Gasteiger partial charge is 0.225 e. The van der Waals surface area contributed by atoms with E-state index in [1.165, 1.54) is 5.56 Å². The van der Waals surface area contributed by atoms with Gasteiger partial charge in [-0.3, -0.25) is 4.79 Å². The molecule has 22 heavy (non-hydrogen) atoms. The van der Waals surface area contributed by atoms with E-state index < -0.39 is 0 Å². The lowest BCUT2D eigenvalue weighted by atomic mass is 10.2. The number of benzene rings is 1. The number of nitrogens with zero attached hydrogens (tertiary/aromatic N) is 4. The fourth-order valence-electron chi connectivity index (χ4n) is 2.01. The molecule has 0 unspecified atom stereocenters. The van der Waals surface area contributed by atoms with Gasteiger partial charge in [-0.05, 0) is 40.9 Å². The number of thiophene rings is 1. The summed E-state index contributed by atoms with van der Waals surface area (Å²) in [5.41, 5.74) is 2.04. The molecule has 0 atom stereocenters. The van der Waals surface area contributed by atoms with Crippen molar-refractivity contribution in [3.8, 4) is 5.69 Å². The number of aryl methyl sites for hydroxylation is 1. The van der Waals surface area contributed by atoms with Crippen LogP contribution in [0.5, 0.6) is 0 Å². The minimum atomic E-state index is -0.0408. The zero-order valence-corrected chi connectivity index (χ0v) is 12.9. The van der Waals surface area contributed by atoms with Crippen LogP contribution in [0.25, 0.3) is 5.69 Å². The van der Waals surface area contributed by atoms with E-state index in [0.29, 0.717) is 18.8 Å². The number of aromatic nitrogens is 4. The molecule has 0 aliphatic rings. The number of amides is 1. The second-order valence-corrected chi connectivity index (χ2v) is 5.91. The van der Waals surface area contributed by atoms with E-state index in [1.807, 2.05) is 48.7 Å². The normalized spacial score (nSPS) is 10.6. The second kappa shape index (κ2) is 6.48. The molecule has 0 bridgehead atoms. The lowest BCUT2D eigenvalue weighted by Crippen LogP contribution is -2.26. The first-order chi connectivity index (χ1) is 10.7. The molecule has 3 aromatic rings. The first kappa shape index (κ1) is 14.4. The van der Waals surface area contributed by atoms with Gasteiger partial charge >= 0.3 is 0 Å². The number of hydrogen-bond acceptors (Lipinski definition) is 5. The highest BCUT2D eigenvalue weighted by molar-refractivity contribution is 7.10. The third-order valence-corrected chi connectivity index (χ3v) is 4.05. The molecule has 0 spiro atoms. The molecule has 2 aromatic heterocycles. The predicted molar refractivity (Wildman–Crippen MR) is 83.8 cm³/mol. The maximum Gasteiger partial charge on any atom is 0.225 e. The quantitative estimate of drug-likeness (QED) is 0.781. The molecule has 112 valence electrons. The summed E-state index contributed by atoms with van der Waals surface area (Å²) in [7, 11) is 0. The minimum Gasteiger partial charge on any atom is -0.348 e. The van der Waals surface area contributed by atoms with Crippen molar-refractivity contribution in [3.05, 3.63) is 58.0 Å². The maximum atomic E-state index is 11.9. The average Bonchev–Trinajstić information content (AvgIpc) is 3.17. The van der Waals surface area contributed by atoms with Gasteiger partial charge in [0, 0.05) is 4.88 Å². The van der Waals surface area contributed by atoms with Crippen LogP contribution >= 0.6 is 11.3 Å². The molecule has 0 fully saturated rings. The lowest BCUT2D eigenvalue weighted by Gasteiger charge is -2.06. The Bertz CT molecular complexity index is 749. The Morgan fingerprint density at radius 1 is 1.27 bits per heavy atom. The van der Waals surface area contributed by atoms with Crippen LogP contribution in [0.2, 0.25) is 0 Å². The second-order valence-electron chi connectivity index (χ2n) is 4.88. The summed E-state index contributed by atoms with van der Waals surface area (Å²) >= 11 is 1.57. The van der Waals surface area contributed by atoms with E-state index >= 15 is 0 Å². The molecule has 0 radical (unpaired) electrons. The number of carbonyl (C=O) groups is 1. The van der Waals surface area contributed by atoms with E-state index in [0.717, 1.165) is 10.6 Å². The van der Waals surface area contributed by atoms with Crippen LogP contribution in [-0.2, 0) is 17.8 Å². The van der Waals surface area contributed by atoms with Crippen molar-refractivity contribution in [2.24, 2.45) is 0 Å². The summed E-state index contributed by atoms with van der Waals surface area (Å²) in [6.07, 6.45) is 0.379. The molecule has 3 rings (SSSR count). The van der Waals surface area contributed by atoms with Crippen molar-refractivity contribution in [3.63, 3.8) is 0 Å². The molecule has 1 aromatic carbocycles. The number of rotatable bonds is 5. The number of hydrogen-bond donors (Lipinski definition) is 1. The maximum absolute atomic E-state index is 11.9. The standard InChI is InChI=1S/C15H15N5OS/c1-11-4-6-12(7-5-11)20-14(17-18-19-20)10-16-15(21)9-13-3-2-8-22-13/h2-8H,9-10H2,1H3,(H,16,21). The summed E-state index contributed by atoms with van der Waals surface area (Å²) < 4.78 is 1.63. The van der Waals surface area contributed by atoms with Crippen molar-refractivity contribution in [2.45, 2.75) is 19.9 Å². The van der Waals surface area contributed by atoms with Crippen LogP contribution in [0.1, 0.15) is 16.3 Å². The van der Waals surface area contributed by atoms with Gasteiger partial charge in [-0.2, -0.15) is 4.68 Å². The van der Waals surface area contributed by atoms with E-state index in [4.69, 9.17) is 0 Å². The highest BCUT2D eigenvalue weighted by Crippen LogP contribution is 2.10. The Hall–Kier alpha value is -2.54. The van der Waals surface area contributed by atoms with Gasteiger partial charge in [-0.1, -0.05) is 23.8 Å². The Morgan fingerprint density at radius 3 is 2.82 bits per heavy atom. The van der Waals surface area contributed by atoms with E-state index in [2.05, 4.69) is 20.8 Å². The highest BCUT2D eigenvalue weighted by atomic mass is 32.1. The molecule has 0 aliphatic heterocycles. The molecule has 2 heterocycles. The zero-order chi connectivity index (χ0) is 15.4. The monoisotopic (exact) mass is 313 g/mol. The number of carbonyl (C=O) groups excluding carboxylic acids is 1. The van der Waals surface area contributed by atoms with Crippen LogP contribution in [0.3, 0.4) is 0 Å². The van der Waals surface area contributed by atoms with Crippen LogP contribution in [0, 0.1) is 6.92 Å². The summed E-state index contributed by atoms with van der Waals surface area (Å²) in [5, 5.41) is 16.4. The summed E-state index contributed by atoms with van der Waals surface area (Å²) in [6.45, 7) is 2.32. The molecule has 0 saturated heterocycles. The zero-order valence-electron chi connectivity index (χ0n) is 12.1. The van der Waals surface area contributed by atoms with E-state index in [9.17, 15) is 4.79 Å². The van der Waals surface area contributed by atoms with Gasteiger partial charge in [0.25, 0.3) is 0 Å². The van der Waals surface area contributed by atoms with Crippen LogP contribution in [-0.4, -0.2) is 26.1 Å². The summed E-state index contributed by atoms with van der Waals surface area (Å²) in [4.78, 5) is 13.0. The van der Waals surface area contributed by atoms with Gasteiger partial charge < -0.3 is 5.32 Å². The first-order valence-electron chi connectivity index (χ1n) is 6.86. The van der Waals surface area contributed by atoms with E-state index in [1.54, 1.807) is 16.0 Å². The lowest BCUT2D eigenvalue weighted by molar-refractivity contribution is -0.120. The summed E-state index contributed by atoms with van der Waals surface area (Å²) in [6, 6.07) is 11.8. The highest BCUT2D eigenvalue weighted by Gasteiger charge is 2.10. The van der Waals surface area contributed by atoms with Gasteiger partial charge in [0.1, 0.15) is 0 Å². The fraction of sp³-hybridized carbons (Fsp3) is 0.200. The van der Waals surface area contributed by atoms with Crippen molar-refractivity contribution < 1.29 is 4.79 Å². The number of tetrazole rings is 1. The van der Waals surface area contributed by atoms with Crippen molar-refractivity contribution in [1.82, 2.24) is 25.5 Å². The van der Waals surface area contributed by atoms with Gasteiger partial charge in [-0.25, -0.2) is 0 Å². The molecule has 0 saturated carbocycles. The topological polar surface area (TPSA) is 72.7 Å². The Labute approximate surface area is 131 Å². The molecule has 7 heteroatoms. The van der Waals surface area contributed by atoms with Gasteiger partial charge in [-0.15, -0.1) is 16.4 Å². The average molecular weight is 313 g/mol. The molecule has 1 N–H and O–H groups in total. The third kappa shape index (κ3) is 3.37. The molecular formula is C15H15N5OS. The van der Waals surface area contributed by atoms with Gasteiger partial charge in [0.2, 0.25) is 5.91 Å². The molecule has 0 aliphatic carbocycles. The predicted octanol–water partition coefficient (Wildman–Crippen LogP) is 1.89. The van der Waals surface area contributed by atoms with Crippen molar-refractivity contribution in [2.75, 3.05) is 0 Å². The summed E-state index contributed by atoms with van der Waals surface area (Å²) in [5.74, 6) is 0.560. The SMILES string of the molecule is Cc1ccc(-n2nnnc2CNC(=O)Cc2cccs2)cc1. The van der Waals surface area contributed by atoms with E-state index in [-0.39, 0.29) is 5.91 Å². The molecule has 6 nitrogen and oxygen atoms in total. The van der Waals surface area contributed by atoms with Gasteiger partial charge in [0.15, 0.2) is 5.82 Å². The Kier molecular flexibility index (Phi) is 4.24. The first-order valence-corrected chi connectivity index (χ1v) is 7.74. The number of nitrogens with one attached hydrogen (secondary N) is 1. The fourth-order valence-corrected chi connectivity index (χ4v) is 2.72. The van der Waals surface area contributed by atoms with Crippen molar-refractivity contribution in [1.29, 1.82) is 0 Å². The Balaban J connectivity index is 1.65.